The highest BCUT2D eigenvalue weighted by molar-refractivity contribution is 6.32. The zero-order chi connectivity index (χ0) is 53.9. The topological polar surface area (TPSA) is 15.3 Å². The van der Waals surface area contributed by atoms with E-state index in [1.165, 1.54) is 143 Å². The summed E-state index contributed by atoms with van der Waals surface area (Å²) in [7, 11) is 0. The Morgan fingerprint density at radius 2 is 0.713 bits per heavy atom. The van der Waals surface area contributed by atoms with Crippen molar-refractivity contribution >= 4 is 110 Å². The fraction of sp³-hybridized carbons (Fsp3) is 0.132. The third kappa shape index (κ3) is 7.21. The highest BCUT2D eigenvalue weighted by Gasteiger charge is 2.30. The Morgan fingerprint density at radius 1 is 0.325 bits per heavy atom. The molecule has 0 N–H and O–H groups in total. The Morgan fingerprint density at radius 3 is 1.10 bits per heavy atom. The smallest absolute Gasteiger partial charge is 0.0641 e. The van der Waals surface area contributed by atoms with Gasteiger partial charge >= 0.3 is 0 Å². The Labute approximate surface area is 467 Å². The molecule has 0 spiro atoms. The Kier molecular flexibility index (Phi) is 11.1. The summed E-state index contributed by atoms with van der Waals surface area (Å²) in [5.41, 5.74) is 24.4. The second-order valence-corrected chi connectivity index (χ2v) is 22.6. The molecule has 0 aliphatic carbocycles. The SMILES string of the molecule is CCc1ccc(-c2ccccc2)c(N(c2ccc(C(C)C)cc2)c2ccc3c4cc5c(cc4n4c6ccccc6c2c34)c2ccc(N(c3ccc(C(C)C)cc3)c3cc(CC)ccc3-c3ccccc3)c3c4ccccc4n5c23)c1. The number of aromatic nitrogens is 2. The normalized spacial score (nSPS) is 12.2. The van der Waals surface area contributed by atoms with Gasteiger partial charge in [-0.05, 0) is 131 Å². The predicted molar refractivity (Wildman–Crippen MR) is 343 cm³/mol. The minimum atomic E-state index is 0.424. The van der Waals surface area contributed by atoms with Crippen LogP contribution in [0.15, 0.2) is 231 Å². The first-order chi connectivity index (χ1) is 39.3. The van der Waals surface area contributed by atoms with Crippen molar-refractivity contribution in [2.24, 2.45) is 0 Å². The maximum Gasteiger partial charge on any atom is 0.0641 e. The van der Waals surface area contributed by atoms with Gasteiger partial charge in [-0.1, -0.05) is 199 Å². The maximum absolute atomic E-state index is 2.57. The quantitative estimate of drug-likeness (QED) is 0.121. The van der Waals surface area contributed by atoms with Crippen LogP contribution < -0.4 is 9.80 Å². The van der Waals surface area contributed by atoms with Gasteiger partial charge in [-0.25, -0.2) is 0 Å². The maximum atomic E-state index is 2.57. The molecule has 0 saturated carbocycles. The highest BCUT2D eigenvalue weighted by atomic mass is 15.2. The largest absolute Gasteiger partial charge is 0.309 e. The summed E-state index contributed by atoms with van der Waals surface area (Å²) in [6, 6.07) is 87.3. The van der Waals surface area contributed by atoms with Gasteiger partial charge in [0.1, 0.15) is 0 Å². The van der Waals surface area contributed by atoms with E-state index in [4.69, 9.17) is 0 Å². The van der Waals surface area contributed by atoms with E-state index < -0.39 is 0 Å². The van der Waals surface area contributed by atoms with E-state index in [-0.39, 0.29) is 0 Å². The first-order valence-electron chi connectivity index (χ1n) is 28.8. The molecule has 0 atom stereocenters. The molecule has 0 bridgehead atoms. The van der Waals surface area contributed by atoms with E-state index >= 15 is 0 Å². The van der Waals surface area contributed by atoms with Gasteiger partial charge in [0, 0.05) is 65.6 Å². The van der Waals surface area contributed by atoms with Crippen molar-refractivity contribution in [3.63, 3.8) is 0 Å². The molecule has 4 nitrogen and oxygen atoms in total. The van der Waals surface area contributed by atoms with Crippen LogP contribution in [0.1, 0.15) is 75.6 Å². The Hall–Kier alpha value is -9.38. The summed E-state index contributed by atoms with van der Waals surface area (Å²) in [6.45, 7) is 13.6. The van der Waals surface area contributed by atoms with E-state index in [1.807, 2.05) is 0 Å². The third-order valence-electron chi connectivity index (χ3n) is 17.5. The average Bonchev–Trinajstić information content (AvgIpc) is 4.32. The molecule has 386 valence electrons. The van der Waals surface area contributed by atoms with E-state index in [2.05, 4.69) is 291 Å². The van der Waals surface area contributed by atoms with E-state index in [1.54, 1.807) is 0 Å². The average molecular weight is 1030 g/mol. The van der Waals surface area contributed by atoms with Gasteiger partial charge in [-0.15, -0.1) is 0 Å². The molecular weight excluding hydrogens is 969 g/mol. The molecule has 0 fully saturated rings. The minimum Gasteiger partial charge on any atom is -0.309 e. The number of rotatable bonds is 12. The summed E-state index contributed by atoms with van der Waals surface area (Å²) in [5.74, 6) is 0.847. The molecule has 0 aliphatic rings. The van der Waals surface area contributed by atoms with Crippen LogP contribution in [0, 0.1) is 0 Å². The summed E-state index contributed by atoms with van der Waals surface area (Å²) >= 11 is 0. The van der Waals surface area contributed by atoms with Crippen LogP contribution >= 0.6 is 0 Å². The Bertz CT molecular complexity index is 4520. The lowest BCUT2D eigenvalue weighted by Crippen LogP contribution is -2.12. The molecule has 80 heavy (non-hydrogen) atoms. The fourth-order valence-electron chi connectivity index (χ4n) is 13.4. The lowest BCUT2D eigenvalue weighted by Gasteiger charge is -2.29. The summed E-state index contributed by atoms with van der Waals surface area (Å²) < 4.78 is 5.15. The molecule has 4 heterocycles. The number of benzene rings is 11. The zero-order valence-corrected chi connectivity index (χ0v) is 46.3. The molecule has 15 rings (SSSR count). The first kappa shape index (κ1) is 47.8. The number of aryl methyl sites for hydroxylation is 2. The fourth-order valence-corrected chi connectivity index (χ4v) is 13.4. The molecule has 0 aliphatic heterocycles. The molecular formula is C76H62N4. The summed E-state index contributed by atoms with van der Waals surface area (Å²) in [4.78, 5) is 5.09. The highest BCUT2D eigenvalue weighted by Crippen LogP contribution is 2.53. The molecule has 4 heteroatoms. The second-order valence-electron chi connectivity index (χ2n) is 22.6. The Balaban J connectivity index is 1.01. The summed E-state index contributed by atoms with van der Waals surface area (Å²) in [5, 5.41) is 10.0. The zero-order valence-electron chi connectivity index (χ0n) is 46.3. The first-order valence-corrected chi connectivity index (χ1v) is 28.8. The second kappa shape index (κ2) is 18.6. The molecule has 4 aromatic heterocycles. The summed E-state index contributed by atoms with van der Waals surface area (Å²) in [6.07, 6.45) is 1.88. The van der Waals surface area contributed by atoms with Gasteiger partial charge < -0.3 is 18.6 Å². The molecule has 0 saturated heterocycles. The van der Waals surface area contributed by atoms with Crippen molar-refractivity contribution in [3.05, 3.63) is 253 Å². The number of anilines is 6. The van der Waals surface area contributed by atoms with Crippen LogP contribution in [-0.4, -0.2) is 8.80 Å². The number of hydrogen-bond donors (Lipinski definition) is 0. The number of fused-ring (bicyclic) bond motifs is 12. The molecule has 11 aromatic carbocycles. The van der Waals surface area contributed by atoms with Crippen LogP contribution in [0.25, 0.3) is 98.4 Å². The monoisotopic (exact) mass is 1030 g/mol. The molecule has 0 radical (unpaired) electrons. The van der Waals surface area contributed by atoms with E-state index in [9.17, 15) is 0 Å². The van der Waals surface area contributed by atoms with Crippen molar-refractivity contribution in [2.45, 2.75) is 66.2 Å². The molecule has 0 amide bonds. The van der Waals surface area contributed by atoms with Crippen LogP contribution in [-0.2, 0) is 12.8 Å². The van der Waals surface area contributed by atoms with Crippen molar-refractivity contribution < 1.29 is 0 Å². The van der Waals surface area contributed by atoms with Gasteiger partial charge in [0.25, 0.3) is 0 Å². The number of nitrogens with zero attached hydrogens (tertiary/aromatic N) is 4. The number of hydrogen-bond acceptors (Lipinski definition) is 2. The van der Waals surface area contributed by atoms with Crippen molar-refractivity contribution in [1.82, 2.24) is 8.80 Å². The minimum absolute atomic E-state index is 0.424. The molecule has 15 aromatic rings. The van der Waals surface area contributed by atoms with Gasteiger partial charge in [0.05, 0.1) is 55.8 Å². The van der Waals surface area contributed by atoms with Gasteiger partial charge in [0.15, 0.2) is 0 Å². The predicted octanol–water partition coefficient (Wildman–Crippen LogP) is 21.6. The lowest BCUT2D eigenvalue weighted by atomic mass is 9.97. The van der Waals surface area contributed by atoms with Crippen molar-refractivity contribution in [1.29, 1.82) is 0 Å². The van der Waals surface area contributed by atoms with E-state index in [0.29, 0.717) is 11.8 Å². The van der Waals surface area contributed by atoms with E-state index in [0.717, 1.165) is 24.2 Å². The van der Waals surface area contributed by atoms with Crippen LogP contribution in [0.4, 0.5) is 34.1 Å². The third-order valence-corrected chi connectivity index (χ3v) is 17.5. The van der Waals surface area contributed by atoms with Crippen molar-refractivity contribution in [3.8, 4) is 22.3 Å². The number of para-hydroxylation sites is 2. The van der Waals surface area contributed by atoms with Gasteiger partial charge in [-0.3, -0.25) is 0 Å². The van der Waals surface area contributed by atoms with Crippen LogP contribution in [0.3, 0.4) is 0 Å². The lowest BCUT2D eigenvalue weighted by molar-refractivity contribution is 0.866. The van der Waals surface area contributed by atoms with Crippen LogP contribution in [0.5, 0.6) is 0 Å². The van der Waals surface area contributed by atoms with Crippen molar-refractivity contribution in [2.75, 3.05) is 9.80 Å². The molecule has 0 unspecified atom stereocenters. The van der Waals surface area contributed by atoms with Crippen LogP contribution in [0.2, 0.25) is 0 Å². The van der Waals surface area contributed by atoms with Gasteiger partial charge in [-0.2, -0.15) is 0 Å². The standard InChI is InChI=1S/C76H62N4/c1-7-49-27-37-57(53-19-11-9-12-20-53)69(43-49)77(55-33-29-51(30-34-55)47(3)4)67-41-39-59-63-45-72-64(46-71(63)79-65-25-17-15-23-61(65)73(67)75(59)79)60-40-42-68(74-62-24-16-18-26-66(62)80(72)76(60)74)78(56-35-31-52(32-36-56)48(5)6)70-44-50(8-2)28-38-58(70)54-21-13-10-14-22-54/h9-48H,7-8H2,1-6H3. The van der Waals surface area contributed by atoms with Gasteiger partial charge in [0.2, 0.25) is 0 Å².